The molecule has 138 valence electrons. The number of ketones is 1. The van der Waals surface area contributed by atoms with Gasteiger partial charge in [0.1, 0.15) is 5.69 Å². The highest BCUT2D eigenvalue weighted by atomic mass is 35.5. The SMILES string of the molecule is O=C(c1ccc(Cl)cc1)c1nn(-c2ccccc2Cl)c(=O)cc1C(F)(F)F. The summed E-state index contributed by atoms with van der Waals surface area (Å²) in [4.78, 5) is 24.9. The number of aromatic nitrogens is 2. The van der Waals surface area contributed by atoms with Crippen molar-refractivity contribution in [2.45, 2.75) is 6.18 Å². The molecule has 0 fully saturated rings. The van der Waals surface area contributed by atoms with Gasteiger partial charge in [-0.3, -0.25) is 9.59 Å². The Morgan fingerprint density at radius 1 is 1.00 bits per heavy atom. The van der Waals surface area contributed by atoms with Crippen LogP contribution in [0, 0.1) is 0 Å². The second kappa shape index (κ2) is 7.17. The first-order valence-corrected chi connectivity index (χ1v) is 8.21. The Hall–Kier alpha value is -2.64. The van der Waals surface area contributed by atoms with Crippen LogP contribution in [-0.4, -0.2) is 15.6 Å². The minimum Gasteiger partial charge on any atom is -0.287 e. The van der Waals surface area contributed by atoms with E-state index in [1.54, 1.807) is 6.07 Å². The Balaban J connectivity index is 2.26. The first-order valence-electron chi connectivity index (χ1n) is 7.45. The van der Waals surface area contributed by atoms with Crippen LogP contribution in [0.2, 0.25) is 10.0 Å². The van der Waals surface area contributed by atoms with Crippen LogP contribution in [0.25, 0.3) is 5.69 Å². The summed E-state index contributed by atoms with van der Waals surface area (Å²) in [5.41, 5.74) is -3.40. The molecule has 3 rings (SSSR count). The Kier molecular flexibility index (Phi) is 5.08. The zero-order chi connectivity index (χ0) is 19.8. The standard InChI is InChI=1S/C18H9Cl2F3N2O2/c19-11-7-5-10(6-8-11)17(27)16-12(18(21,22)23)9-15(26)25(24-16)14-4-2-1-3-13(14)20/h1-9H. The molecule has 0 atom stereocenters. The topological polar surface area (TPSA) is 52.0 Å². The number of hydrogen-bond acceptors (Lipinski definition) is 3. The molecule has 3 aromatic rings. The van der Waals surface area contributed by atoms with E-state index in [1.165, 1.54) is 42.5 Å². The number of alkyl halides is 3. The third-order valence-corrected chi connectivity index (χ3v) is 4.21. The molecule has 0 unspecified atom stereocenters. The molecule has 0 aliphatic heterocycles. The fourth-order valence-electron chi connectivity index (χ4n) is 2.37. The Bertz CT molecular complexity index is 1080. The molecule has 0 aliphatic rings. The maximum absolute atomic E-state index is 13.4. The highest BCUT2D eigenvalue weighted by Gasteiger charge is 2.38. The first kappa shape index (κ1) is 19.1. The second-order valence-corrected chi connectivity index (χ2v) is 6.29. The third-order valence-electron chi connectivity index (χ3n) is 3.64. The van der Waals surface area contributed by atoms with Crippen molar-refractivity contribution in [3.63, 3.8) is 0 Å². The first-order chi connectivity index (χ1) is 12.7. The minimum absolute atomic E-state index is 0.0539. The van der Waals surface area contributed by atoms with Crippen LogP contribution in [0.5, 0.6) is 0 Å². The van der Waals surface area contributed by atoms with Gasteiger partial charge in [0.2, 0.25) is 5.78 Å². The highest BCUT2D eigenvalue weighted by molar-refractivity contribution is 6.32. The normalized spacial score (nSPS) is 11.4. The molecule has 0 saturated heterocycles. The molecule has 1 aromatic heterocycles. The van der Waals surface area contributed by atoms with Crippen LogP contribution >= 0.6 is 23.2 Å². The van der Waals surface area contributed by atoms with E-state index in [2.05, 4.69) is 5.10 Å². The van der Waals surface area contributed by atoms with Gasteiger partial charge in [0.05, 0.1) is 16.3 Å². The lowest BCUT2D eigenvalue weighted by Crippen LogP contribution is -2.28. The van der Waals surface area contributed by atoms with Gasteiger partial charge in [-0.1, -0.05) is 35.3 Å². The molecular weight excluding hydrogens is 404 g/mol. The number of nitrogens with zero attached hydrogens (tertiary/aromatic N) is 2. The molecule has 0 spiro atoms. The van der Waals surface area contributed by atoms with Crippen molar-refractivity contribution in [1.82, 2.24) is 9.78 Å². The molecule has 0 radical (unpaired) electrons. The van der Waals surface area contributed by atoms with Gasteiger partial charge in [-0.25, -0.2) is 0 Å². The average molecular weight is 413 g/mol. The number of halogens is 5. The van der Waals surface area contributed by atoms with Crippen molar-refractivity contribution in [3.05, 3.63) is 91.8 Å². The van der Waals surface area contributed by atoms with Crippen molar-refractivity contribution in [3.8, 4) is 5.69 Å². The zero-order valence-corrected chi connectivity index (χ0v) is 14.8. The largest absolute Gasteiger partial charge is 0.418 e. The summed E-state index contributed by atoms with van der Waals surface area (Å²) >= 11 is 11.7. The smallest absolute Gasteiger partial charge is 0.287 e. The molecular formula is C18H9Cl2F3N2O2. The maximum atomic E-state index is 13.4. The number of rotatable bonds is 3. The van der Waals surface area contributed by atoms with Crippen LogP contribution in [0.4, 0.5) is 13.2 Å². The van der Waals surface area contributed by atoms with Crippen molar-refractivity contribution in [1.29, 1.82) is 0 Å². The van der Waals surface area contributed by atoms with Crippen LogP contribution in [0.1, 0.15) is 21.6 Å². The molecule has 4 nitrogen and oxygen atoms in total. The molecule has 0 N–H and O–H groups in total. The quantitative estimate of drug-likeness (QED) is 0.581. The highest BCUT2D eigenvalue weighted by Crippen LogP contribution is 2.32. The Labute approximate surface area is 160 Å². The van der Waals surface area contributed by atoms with E-state index >= 15 is 0 Å². The van der Waals surface area contributed by atoms with E-state index in [0.29, 0.717) is 15.8 Å². The van der Waals surface area contributed by atoms with E-state index in [9.17, 15) is 22.8 Å². The van der Waals surface area contributed by atoms with E-state index in [4.69, 9.17) is 23.2 Å². The maximum Gasteiger partial charge on any atom is 0.418 e. The monoisotopic (exact) mass is 412 g/mol. The van der Waals surface area contributed by atoms with E-state index < -0.39 is 28.8 Å². The van der Waals surface area contributed by atoms with Gasteiger partial charge in [0.25, 0.3) is 5.56 Å². The van der Waals surface area contributed by atoms with Gasteiger partial charge in [-0.05, 0) is 36.4 Å². The van der Waals surface area contributed by atoms with Crippen LogP contribution in [0.3, 0.4) is 0 Å². The van der Waals surface area contributed by atoms with Gasteiger partial charge >= 0.3 is 6.18 Å². The summed E-state index contributed by atoms with van der Waals surface area (Å²) in [5, 5.41) is 4.10. The lowest BCUT2D eigenvalue weighted by molar-refractivity contribution is -0.138. The lowest BCUT2D eigenvalue weighted by atomic mass is 10.0. The predicted molar refractivity (Wildman–Crippen MR) is 94.7 cm³/mol. The number of carbonyl (C=O) groups is 1. The number of para-hydroxylation sites is 1. The molecule has 0 aliphatic carbocycles. The van der Waals surface area contributed by atoms with Gasteiger partial charge in [-0.15, -0.1) is 0 Å². The van der Waals surface area contributed by atoms with Gasteiger partial charge in [0, 0.05) is 16.7 Å². The van der Waals surface area contributed by atoms with Crippen molar-refractivity contribution in [2.24, 2.45) is 0 Å². The van der Waals surface area contributed by atoms with Crippen molar-refractivity contribution in [2.75, 3.05) is 0 Å². The molecule has 0 bridgehead atoms. The van der Waals surface area contributed by atoms with Crippen molar-refractivity contribution < 1.29 is 18.0 Å². The number of benzene rings is 2. The summed E-state index contributed by atoms with van der Waals surface area (Å²) in [6, 6.07) is 11.6. The van der Waals surface area contributed by atoms with Crippen molar-refractivity contribution >= 4 is 29.0 Å². The summed E-state index contributed by atoms with van der Waals surface area (Å²) in [7, 11) is 0. The number of hydrogen-bond donors (Lipinski definition) is 0. The minimum atomic E-state index is -4.94. The molecule has 1 heterocycles. The number of carbonyl (C=O) groups excluding carboxylic acids is 1. The molecule has 9 heteroatoms. The van der Waals surface area contributed by atoms with E-state index in [0.717, 1.165) is 0 Å². The second-order valence-electron chi connectivity index (χ2n) is 5.44. The fourth-order valence-corrected chi connectivity index (χ4v) is 2.72. The molecule has 0 saturated carbocycles. The average Bonchev–Trinajstić information content (AvgIpc) is 2.61. The van der Waals surface area contributed by atoms with Crippen LogP contribution in [-0.2, 0) is 6.18 Å². The van der Waals surface area contributed by atoms with Gasteiger partial charge in [0.15, 0.2) is 0 Å². The van der Waals surface area contributed by atoms with E-state index in [1.807, 2.05) is 0 Å². The Morgan fingerprint density at radius 2 is 1.63 bits per heavy atom. The molecule has 2 aromatic carbocycles. The fraction of sp³-hybridized carbons (Fsp3) is 0.0556. The molecule has 27 heavy (non-hydrogen) atoms. The summed E-state index contributed by atoms with van der Waals surface area (Å²) in [6.07, 6.45) is -4.94. The summed E-state index contributed by atoms with van der Waals surface area (Å²) in [6.45, 7) is 0. The van der Waals surface area contributed by atoms with Gasteiger partial charge in [-0.2, -0.15) is 23.0 Å². The zero-order valence-electron chi connectivity index (χ0n) is 13.3. The summed E-state index contributed by atoms with van der Waals surface area (Å²) < 4.78 is 40.9. The Morgan fingerprint density at radius 3 is 2.22 bits per heavy atom. The molecule has 0 amide bonds. The van der Waals surface area contributed by atoms with E-state index in [-0.39, 0.29) is 16.3 Å². The summed E-state index contributed by atoms with van der Waals surface area (Å²) in [5.74, 6) is -1.00. The van der Waals surface area contributed by atoms with Crippen LogP contribution in [0.15, 0.2) is 59.4 Å². The predicted octanol–water partition coefficient (Wildman–Crippen LogP) is 4.79. The lowest BCUT2D eigenvalue weighted by Gasteiger charge is -2.14. The third kappa shape index (κ3) is 3.89. The van der Waals surface area contributed by atoms with Gasteiger partial charge < -0.3 is 0 Å². The van der Waals surface area contributed by atoms with Crippen LogP contribution < -0.4 is 5.56 Å².